The summed E-state index contributed by atoms with van der Waals surface area (Å²) in [6.07, 6.45) is 1.70. The average Bonchev–Trinajstić information content (AvgIpc) is 2.44. The van der Waals surface area contributed by atoms with Gasteiger partial charge in [-0.05, 0) is 43.5 Å². The Morgan fingerprint density at radius 3 is 2.27 bits per heavy atom. The van der Waals surface area contributed by atoms with Gasteiger partial charge in [0.2, 0.25) is 0 Å². The molecule has 0 aromatic heterocycles. The minimum absolute atomic E-state index is 0.00850. The maximum absolute atomic E-state index is 11.8. The molecule has 5 heteroatoms. The van der Waals surface area contributed by atoms with Gasteiger partial charge in [-0.1, -0.05) is 26.3 Å². The smallest absolute Gasteiger partial charge is 0.338 e. The summed E-state index contributed by atoms with van der Waals surface area (Å²) < 4.78 is 4.90. The molecule has 1 aromatic rings. The number of esters is 1. The molecule has 5 nitrogen and oxygen atoms in total. The van der Waals surface area contributed by atoms with Crippen molar-refractivity contribution in [2.24, 2.45) is 5.41 Å². The van der Waals surface area contributed by atoms with E-state index in [0.29, 0.717) is 17.9 Å². The van der Waals surface area contributed by atoms with Gasteiger partial charge >= 0.3 is 12.0 Å². The molecule has 2 amide bonds. The summed E-state index contributed by atoms with van der Waals surface area (Å²) in [7, 11) is 0. The third-order valence-corrected chi connectivity index (χ3v) is 3.26. The molecule has 0 aliphatic heterocycles. The number of hydrogen-bond donors (Lipinski definition) is 2. The Kier molecular flexibility index (Phi) is 6.16. The van der Waals surface area contributed by atoms with Gasteiger partial charge in [-0.25, -0.2) is 9.59 Å². The van der Waals surface area contributed by atoms with Crippen LogP contribution >= 0.6 is 0 Å². The molecule has 0 saturated heterocycles. The van der Waals surface area contributed by atoms with Gasteiger partial charge in [0.25, 0.3) is 0 Å². The van der Waals surface area contributed by atoms with E-state index in [1.54, 1.807) is 37.4 Å². The van der Waals surface area contributed by atoms with Crippen LogP contribution in [0.1, 0.15) is 45.0 Å². The molecule has 120 valence electrons. The van der Waals surface area contributed by atoms with Gasteiger partial charge in [-0.15, -0.1) is 0 Å². The minimum atomic E-state index is -0.373. The van der Waals surface area contributed by atoms with Crippen LogP contribution < -0.4 is 10.6 Å². The zero-order valence-corrected chi connectivity index (χ0v) is 13.8. The molecule has 0 fully saturated rings. The van der Waals surface area contributed by atoms with Crippen molar-refractivity contribution >= 4 is 17.7 Å². The van der Waals surface area contributed by atoms with Crippen LogP contribution in [0.25, 0.3) is 0 Å². The first-order valence-electron chi connectivity index (χ1n) is 7.26. The maximum atomic E-state index is 11.8. The fourth-order valence-corrected chi connectivity index (χ4v) is 1.46. The summed E-state index contributed by atoms with van der Waals surface area (Å²) in [6.45, 7) is 10.3. The van der Waals surface area contributed by atoms with Crippen LogP contribution in [0.2, 0.25) is 0 Å². The van der Waals surface area contributed by atoms with E-state index in [9.17, 15) is 9.59 Å². The van der Waals surface area contributed by atoms with Gasteiger partial charge in [-0.3, -0.25) is 0 Å². The summed E-state index contributed by atoms with van der Waals surface area (Å²) in [6, 6.07) is 6.22. The molecule has 0 radical (unpaired) electrons. The van der Waals surface area contributed by atoms with Crippen molar-refractivity contribution in [1.82, 2.24) is 5.32 Å². The fourth-order valence-electron chi connectivity index (χ4n) is 1.46. The van der Waals surface area contributed by atoms with Crippen molar-refractivity contribution in [3.8, 4) is 0 Å². The lowest BCUT2D eigenvalue weighted by Gasteiger charge is -2.19. The first-order valence-corrected chi connectivity index (χ1v) is 7.26. The summed E-state index contributed by atoms with van der Waals surface area (Å²) in [5, 5.41) is 5.39. The Morgan fingerprint density at radius 2 is 1.77 bits per heavy atom. The molecule has 0 bridgehead atoms. The number of amides is 2. The summed E-state index contributed by atoms with van der Waals surface area (Å²) in [5.41, 5.74) is 2.14. The Labute approximate surface area is 131 Å². The molecular weight excluding hydrogens is 280 g/mol. The van der Waals surface area contributed by atoms with E-state index in [1.165, 1.54) is 0 Å². The summed E-state index contributed by atoms with van der Waals surface area (Å²) in [4.78, 5) is 23.3. The van der Waals surface area contributed by atoms with Crippen LogP contribution in [-0.4, -0.2) is 18.6 Å². The monoisotopic (exact) mass is 304 g/mol. The van der Waals surface area contributed by atoms with E-state index in [0.717, 1.165) is 5.57 Å². The normalized spacial score (nSPS) is 11.8. The lowest BCUT2D eigenvalue weighted by Crippen LogP contribution is -2.25. The number of anilines is 1. The van der Waals surface area contributed by atoms with Crippen LogP contribution in [0.4, 0.5) is 10.5 Å². The molecule has 0 aliphatic rings. The Hall–Kier alpha value is -2.30. The lowest BCUT2D eigenvalue weighted by atomic mass is 9.88. The van der Waals surface area contributed by atoms with Gasteiger partial charge in [0.05, 0.1) is 12.2 Å². The average molecular weight is 304 g/mol. The highest BCUT2D eigenvalue weighted by molar-refractivity contribution is 5.92. The molecule has 1 aromatic carbocycles. The number of benzene rings is 1. The second-order valence-electron chi connectivity index (χ2n) is 5.97. The number of carbonyl (C=O) groups is 2. The molecule has 2 N–H and O–H groups in total. The molecule has 0 heterocycles. The van der Waals surface area contributed by atoms with Crippen molar-refractivity contribution < 1.29 is 14.3 Å². The number of hydrogen-bond acceptors (Lipinski definition) is 3. The molecule has 0 aliphatic carbocycles. The highest BCUT2D eigenvalue weighted by atomic mass is 16.5. The Morgan fingerprint density at radius 1 is 1.18 bits per heavy atom. The zero-order valence-electron chi connectivity index (χ0n) is 13.8. The topological polar surface area (TPSA) is 67.4 Å². The van der Waals surface area contributed by atoms with Crippen LogP contribution in [0.15, 0.2) is 36.0 Å². The Bertz CT molecular complexity index is 554. The maximum Gasteiger partial charge on any atom is 0.338 e. The van der Waals surface area contributed by atoms with E-state index < -0.39 is 0 Å². The van der Waals surface area contributed by atoms with Crippen LogP contribution in [0.3, 0.4) is 0 Å². The number of nitrogens with one attached hydrogen (secondary N) is 2. The Balaban J connectivity index is 2.60. The number of allylic oxidation sites excluding steroid dienone is 1. The predicted molar refractivity (Wildman–Crippen MR) is 87.8 cm³/mol. The first-order chi connectivity index (χ1) is 10.2. The van der Waals surface area contributed by atoms with Crippen molar-refractivity contribution in [3.05, 3.63) is 41.6 Å². The highest BCUT2D eigenvalue weighted by Crippen LogP contribution is 2.23. The number of ether oxygens (including phenoxy) is 1. The predicted octanol–water partition coefficient (Wildman–Crippen LogP) is 3.93. The summed E-state index contributed by atoms with van der Waals surface area (Å²) >= 11 is 0. The fraction of sp³-hybridized carbons (Fsp3) is 0.412. The van der Waals surface area contributed by atoms with Gasteiger partial charge in [0.1, 0.15) is 0 Å². The largest absolute Gasteiger partial charge is 0.462 e. The van der Waals surface area contributed by atoms with Crippen LogP contribution in [0.5, 0.6) is 0 Å². The molecule has 0 saturated carbocycles. The van der Waals surface area contributed by atoms with Crippen LogP contribution in [0, 0.1) is 5.41 Å². The SMILES string of the molecule is CCOC(=O)c1ccc(NC(=O)N/C=C(\C)C(C)(C)C)cc1. The standard InChI is InChI=1S/C17H24N2O3/c1-6-22-15(20)13-7-9-14(10-8-13)19-16(21)18-11-12(2)17(3,4)5/h7-11H,6H2,1-5H3,(H2,18,19,21)/b12-11+. The summed E-state index contributed by atoms with van der Waals surface area (Å²) in [5.74, 6) is -0.373. The third kappa shape index (κ3) is 5.60. The number of rotatable bonds is 4. The van der Waals surface area contributed by atoms with E-state index in [4.69, 9.17) is 4.74 Å². The van der Waals surface area contributed by atoms with E-state index in [1.807, 2.05) is 6.92 Å². The van der Waals surface area contributed by atoms with Crippen molar-refractivity contribution in [2.75, 3.05) is 11.9 Å². The number of urea groups is 1. The molecule has 0 spiro atoms. The second-order valence-corrected chi connectivity index (χ2v) is 5.97. The zero-order chi connectivity index (χ0) is 16.8. The van der Waals surface area contributed by atoms with Crippen molar-refractivity contribution in [1.29, 1.82) is 0 Å². The van der Waals surface area contributed by atoms with Gasteiger partial charge < -0.3 is 15.4 Å². The van der Waals surface area contributed by atoms with E-state index in [-0.39, 0.29) is 17.4 Å². The molecule has 22 heavy (non-hydrogen) atoms. The lowest BCUT2D eigenvalue weighted by molar-refractivity contribution is 0.0526. The molecule has 0 atom stereocenters. The van der Waals surface area contributed by atoms with Crippen molar-refractivity contribution in [3.63, 3.8) is 0 Å². The first kappa shape index (κ1) is 17.8. The van der Waals surface area contributed by atoms with Gasteiger partial charge in [-0.2, -0.15) is 0 Å². The second kappa shape index (κ2) is 7.64. The van der Waals surface area contributed by atoms with Gasteiger partial charge in [0, 0.05) is 11.9 Å². The molecular formula is C17H24N2O3. The van der Waals surface area contributed by atoms with Crippen LogP contribution in [-0.2, 0) is 4.74 Å². The quantitative estimate of drug-likeness (QED) is 0.828. The van der Waals surface area contributed by atoms with E-state index in [2.05, 4.69) is 31.4 Å². The highest BCUT2D eigenvalue weighted by Gasteiger charge is 2.12. The van der Waals surface area contributed by atoms with E-state index >= 15 is 0 Å². The van der Waals surface area contributed by atoms with Crippen molar-refractivity contribution in [2.45, 2.75) is 34.6 Å². The third-order valence-electron chi connectivity index (χ3n) is 3.26. The van der Waals surface area contributed by atoms with Gasteiger partial charge in [0.15, 0.2) is 0 Å². The number of carbonyl (C=O) groups excluding carboxylic acids is 2. The minimum Gasteiger partial charge on any atom is -0.462 e. The molecule has 0 unspecified atom stereocenters. The molecule has 1 rings (SSSR count).